The number of nitrogens with one attached hydrogen (secondary N) is 4. The number of benzene rings is 2. The number of likely N-dealkylation sites (N-methyl/N-ethyl adjacent to an activating group) is 1. The van der Waals surface area contributed by atoms with Gasteiger partial charge in [-0.25, -0.2) is 17.8 Å². The number of ether oxygens (including phenoxy) is 1. The molecule has 1 aliphatic heterocycles. The molecule has 2 aromatic carbocycles. The Labute approximate surface area is 235 Å². The summed E-state index contributed by atoms with van der Waals surface area (Å²) >= 11 is 6.39. The summed E-state index contributed by atoms with van der Waals surface area (Å²) in [7, 11) is -0.356. The van der Waals surface area contributed by atoms with Crippen molar-refractivity contribution in [1.29, 1.82) is 0 Å². The van der Waals surface area contributed by atoms with Crippen molar-refractivity contribution in [2.75, 3.05) is 53.8 Å². The Morgan fingerprint density at radius 1 is 1.07 bits per heavy atom. The van der Waals surface area contributed by atoms with Crippen molar-refractivity contribution >= 4 is 67.2 Å². The molecule has 0 bridgehead atoms. The maximum absolute atomic E-state index is 14.3. The molecule has 0 aliphatic carbocycles. The lowest BCUT2D eigenvalue weighted by molar-refractivity contribution is 0.310. The largest absolute Gasteiger partial charge is 0.494 e. The number of sulfonamides is 1. The first-order valence-electron chi connectivity index (χ1n) is 12.2. The van der Waals surface area contributed by atoms with Crippen molar-refractivity contribution in [3.8, 4) is 5.75 Å². The number of anilines is 6. The second-order valence-electron chi connectivity index (χ2n) is 9.13. The van der Waals surface area contributed by atoms with Crippen LogP contribution in [0.1, 0.15) is 0 Å². The van der Waals surface area contributed by atoms with Crippen molar-refractivity contribution in [2.45, 2.75) is 12.2 Å². The fraction of sp³-hybridized carbons (Fsp3) is 0.280. The first-order chi connectivity index (χ1) is 19.1. The summed E-state index contributed by atoms with van der Waals surface area (Å²) in [5.41, 5.74) is 2.83. The van der Waals surface area contributed by atoms with Crippen LogP contribution in [0.5, 0.6) is 5.75 Å². The van der Waals surface area contributed by atoms with Gasteiger partial charge in [0.05, 0.1) is 54.7 Å². The molecule has 2 atom stereocenters. The molecule has 0 radical (unpaired) electrons. The number of hydrogen-bond donors (Lipinski definition) is 4. The molecule has 4 aromatic rings. The molecule has 12 nitrogen and oxygen atoms in total. The van der Waals surface area contributed by atoms with E-state index in [4.69, 9.17) is 16.3 Å². The zero-order chi connectivity index (χ0) is 28.4. The Morgan fingerprint density at radius 2 is 1.85 bits per heavy atom. The van der Waals surface area contributed by atoms with Crippen LogP contribution in [0.25, 0.3) is 11.0 Å². The van der Waals surface area contributed by atoms with E-state index in [0.29, 0.717) is 34.7 Å². The number of fused-ring (bicyclic) bond motifs is 1. The zero-order valence-electron chi connectivity index (χ0n) is 21.8. The van der Waals surface area contributed by atoms with Crippen molar-refractivity contribution in [3.05, 3.63) is 53.9 Å². The summed E-state index contributed by atoms with van der Waals surface area (Å²) in [4.78, 5) is 19.2. The number of nitrogens with zero attached hydrogens (tertiary/aromatic N) is 5. The molecule has 15 heteroatoms. The maximum Gasteiger partial charge on any atom is 0.229 e. The standard InChI is InChI=1S/C25H27ClFN9O3S/c1-28-20-13-36(12-16(20)27)14-4-5-17(21(10-14)39-2)33-25-31-11-15(26)24(34-25)32-19-7-6-18-22(30-9-8-29-18)23(19)35-40(3,37)38/h4-11,16,20,28,35H,12-13H2,1-3H3,(H2,31,32,33,34)/t16-,20-/m1/s1. The predicted molar refractivity (Wildman–Crippen MR) is 155 cm³/mol. The molecule has 0 saturated carbocycles. The van der Waals surface area contributed by atoms with E-state index in [2.05, 4.69) is 40.6 Å². The van der Waals surface area contributed by atoms with Gasteiger partial charge in [0.1, 0.15) is 22.5 Å². The molecule has 1 aliphatic rings. The average Bonchev–Trinajstić information content (AvgIpc) is 3.31. The van der Waals surface area contributed by atoms with Crippen LogP contribution in [0, 0.1) is 0 Å². The third-order valence-electron chi connectivity index (χ3n) is 6.34. The Kier molecular flexibility index (Phi) is 7.74. The Balaban J connectivity index is 1.42. The van der Waals surface area contributed by atoms with E-state index < -0.39 is 16.2 Å². The second kappa shape index (κ2) is 11.2. The minimum absolute atomic E-state index is 0.200. The smallest absolute Gasteiger partial charge is 0.229 e. The van der Waals surface area contributed by atoms with E-state index in [1.807, 2.05) is 17.0 Å². The van der Waals surface area contributed by atoms with Crippen LogP contribution in [0.2, 0.25) is 5.02 Å². The average molecular weight is 588 g/mol. The molecular formula is C25H27ClFN9O3S. The van der Waals surface area contributed by atoms with E-state index in [-0.39, 0.29) is 35.1 Å². The lowest BCUT2D eigenvalue weighted by atomic mass is 10.2. The highest BCUT2D eigenvalue weighted by Crippen LogP contribution is 2.36. The molecule has 2 aromatic heterocycles. The Bertz CT molecular complexity index is 1660. The highest BCUT2D eigenvalue weighted by Gasteiger charge is 2.32. The molecule has 3 heterocycles. The van der Waals surface area contributed by atoms with Crippen molar-refractivity contribution in [3.63, 3.8) is 0 Å². The molecule has 5 rings (SSSR count). The number of alkyl halides is 1. The normalized spacial score (nSPS) is 17.2. The van der Waals surface area contributed by atoms with Gasteiger partial charge in [-0.3, -0.25) is 14.7 Å². The van der Waals surface area contributed by atoms with Gasteiger partial charge in [-0.2, -0.15) is 4.98 Å². The van der Waals surface area contributed by atoms with E-state index in [1.54, 1.807) is 25.2 Å². The van der Waals surface area contributed by atoms with Gasteiger partial charge in [0, 0.05) is 30.7 Å². The summed E-state index contributed by atoms with van der Waals surface area (Å²) in [6.07, 6.45) is 4.47. The molecule has 0 amide bonds. The van der Waals surface area contributed by atoms with Gasteiger partial charge in [-0.15, -0.1) is 0 Å². The number of hydrogen-bond acceptors (Lipinski definition) is 11. The number of methoxy groups -OCH3 is 1. The fourth-order valence-corrected chi connectivity index (χ4v) is 5.14. The molecule has 1 saturated heterocycles. The lowest BCUT2D eigenvalue weighted by Gasteiger charge is -2.20. The SMILES string of the molecule is CN[C@@H]1CN(c2ccc(Nc3ncc(Cl)c(Nc4ccc5nccnc5c4NS(C)(=O)=O)n3)c(OC)c2)C[C@H]1F. The van der Waals surface area contributed by atoms with Crippen LogP contribution in [-0.2, 0) is 10.0 Å². The van der Waals surface area contributed by atoms with Gasteiger partial charge in [-0.1, -0.05) is 11.6 Å². The van der Waals surface area contributed by atoms with Crippen LogP contribution >= 0.6 is 11.6 Å². The molecule has 0 unspecified atom stereocenters. The van der Waals surface area contributed by atoms with Crippen LogP contribution in [0.4, 0.5) is 38.9 Å². The van der Waals surface area contributed by atoms with Gasteiger partial charge in [0.25, 0.3) is 0 Å². The number of halogens is 2. The van der Waals surface area contributed by atoms with Crippen molar-refractivity contribution < 1.29 is 17.5 Å². The van der Waals surface area contributed by atoms with Gasteiger partial charge in [0.2, 0.25) is 16.0 Å². The van der Waals surface area contributed by atoms with Crippen molar-refractivity contribution in [1.82, 2.24) is 25.3 Å². The molecule has 40 heavy (non-hydrogen) atoms. The Hall–Kier alpha value is -4.01. The van der Waals surface area contributed by atoms with Crippen LogP contribution < -0.4 is 30.3 Å². The van der Waals surface area contributed by atoms with Gasteiger partial charge in [-0.05, 0) is 31.3 Å². The monoisotopic (exact) mass is 587 g/mol. The van der Waals surface area contributed by atoms with E-state index in [0.717, 1.165) is 11.9 Å². The topological polar surface area (TPSA) is 146 Å². The number of aromatic nitrogens is 4. The zero-order valence-corrected chi connectivity index (χ0v) is 23.4. The summed E-state index contributed by atoms with van der Waals surface area (Å²) in [6, 6.07) is 8.60. The minimum Gasteiger partial charge on any atom is -0.494 e. The maximum atomic E-state index is 14.3. The third kappa shape index (κ3) is 5.93. The predicted octanol–water partition coefficient (Wildman–Crippen LogP) is 3.69. The van der Waals surface area contributed by atoms with Crippen LogP contribution in [0.15, 0.2) is 48.9 Å². The van der Waals surface area contributed by atoms with Crippen LogP contribution in [-0.4, -0.2) is 74.1 Å². The van der Waals surface area contributed by atoms with Crippen LogP contribution in [0.3, 0.4) is 0 Å². The minimum atomic E-state index is -3.65. The van der Waals surface area contributed by atoms with Gasteiger partial charge in [0.15, 0.2) is 5.82 Å². The lowest BCUT2D eigenvalue weighted by Crippen LogP contribution is -2.34. The summed E-state index contributed by atoms with van der Waals surface area (Å²) in [5.74, 6) is 0.941. The quantitative estimate of drug-likeness (QED) is 0.227. The van der Waals surface area contributed by atoms with Crippen molar-refractivity contribution in [2.24, 2.45) is 0 Å². The summed E-state index contributed by atoms with van der Waals surface area (Å²) < 4.78 is 46.5. The third-order valence-corrected chi connectivity index (χ3v) is 7.19. The highest BCUT2D eigenvalue weighted by atomic mass is 35.5. The Morgan fingerprint density at radius 3 is 2.58 bits per heavy atom. The molecular weight excluding hydrogens is 561 g/mol. The first kappa shape index (κ1) is 27.6. The highest BCUT2D eigenvalue weighted by molar-refractivity contribution is 7.92. The second-order valence-corrected chi connectivity index (χ2v) is 11.3. The van der Waals surface area contributed by atoms with E-state index in [1.165, 1.54) is 25.7 Å². The van der Waals surface area contributed by atoms with Gasteiger partial charge >= 0.3 is 0 Å². The fourth-order valence-electron chi connectivity index (χ4n) is 4.42. The molecule has 4 N–H and O–H groups in total. The molecule has 0 spiro atoms. The number of rotatable bonds is 9. The molecule has 1 fully saturated rings. The van der Waals surface area contributed by atoms with Gasteiger partial charge < -0.3 is 25.6 Å². The summed E-state index contributed by atoms with van der Waals surface area (Å²) in [6.45, 7) is 0.826. The van der Waals surface area contributed by atoms with E-state index in [9.17, 15) is 12.8 Å². The summed E-state index contributed by atoms with van der Waals surface area (Å²) in [5, 5.41) is 9.40. The molecule has 210 valence electrons. The van der Waals surface area contributed by atoms with E-state index >= 15 is 0 Å². The first-order valence-corrected chi connectivity index (χ1v) is 14.4.